The predicted molar refractivity (Wildman–Crippen MR) is 88.1 cm³/mol. The Morgan fingerprint density at radius 2 is 1.70 bits per heavy atom. The Hall–Kier alpha value is -0.0800. The second-order valence-electron chi connectivity index (χ2n) is 7.91. The number of rotatable bonds is 5. The van der Waals surface area contributed by atoms with Crippen LogP contribution in [0.1, 0.15) is 72.1 Å². The Morgan fingerprint density at radius 3 is 2.30 bits per heavy atom. The van der Waals surface area contributed by atoms with Crippen molar-refractivity contribution in [3.8, 4) is 0 Å². The van der Waals surface area contributed by atoms with Crippen LogP contribution >= 0.6 is 0 Å². The van der Waals surface area contributed by atoms with E-state index in [0.717, 1.165) is 18.5 Å². The number of hydrogen-bond acceptors (Lipinski definition) is 2. The molecule has 0 saturated heterocycles. The molecule has 1 N–H and O–H groups in total. The van der Waals surface area contributed by atoms with E-state index in [1.54, 1.807) is 0 Å². The zero-order valence-electron chi connectivity index (χ0n) is 14.3. The van der Waals surface area contributed by atoms with Crippen LogP contribution in [0.5, 0.6) is 0 Å². The molecule has 0 aliphatic heterocycles. The molecule has 0 spiro atoms. The fourth-order valence-electron chi connectivity index (χ4n) is 4.59. The minimum absolute atomic E-state index is 0.477. The standard InChI is InChI=1S/C18H36N2/c1-5-19-17-15(12-13-18(17,2)3)14-20(4)16-10-8-6-7-9-11-16/h15-17,19H,5-14H2,1-4H3. The van der Waals surface area contributed by atoms with Crippen LogP contribution in [0, 0.1) is 11.3 Å². The van der Waals surface area contributed by atoms with Crippen molar-refractivity contribution in [3.05, 3.63) is 0 Å². The number of hydrogen-bond donors (Lipinski definition) is 1. The van der Waals surface area contributed by atoms with E-state index < -0.39 is 0 Å². The molecule has 0 aromatic carbocycles. The zero-order valence-corrected chi connectivity index (χ0v) is 14.3. The lowest BCUT2D eigenvalue weighted by Gasteiger charge is -2.35. The SMILES string of the molecule is CCNC1C(CN(C)C2CCCCCC2)CCC1(C)C. The van der Waals surface area contributed by atoms with Gasteiger partial charge in [0, 0.05) is 18.6 Å². The van der Waals surface area contributed by atoms with Crippen LogP contribution in [0.4, 0.5) is 0 Å². The van der Waals surface area contributed by atoms with Crippen LogP contribution in [0.15, 0.2) is 0 Å². The van der Waals surface area contributed by atoms with Crippen LogP contribution in [0.25, 0.3) is 0 Å². The van der Waals surface area contributed by atoms with E-state index in [2.05, 4.69) is 38.0 Å². The van der Waals surface area contributed by atoms with Crippen LogP contribution in [-0.4, -0.2) is 37.1 Å². The lowest BCUT2D eigenvalue weighted by Crippen LogP contribution is -2.46. The summed E-state index contributed by atoms with van der Waals surface area (Å²) in [6, 6.07) is 1.56. The number of nitrogens with one attached hydrogen (secondary N) is 1. The maximum absolute atomic E-state index is 3.78. The lowest BCUT2D eigenvalue weighted by molar-refractivity contribution is 0.160. The topological polar surface area (TPSA) is 15.3 Å². The third kappa shape index (κ3) is 3.98. The van der Waals surface area contributed by atoms with Crippen molar-refractivity contribution in [1.82, 2.24) is 10.2 Å². The summed E-state index contributed by atoms with van der Waals surface area (Å²) in [6.45, 7) is 9.56. The summed E-state index contributed by atoms with van der Waals surface area (Å²) >= 11 is 0. The van der Waals surface area contributed by atoms with E-state index in [1.807, 2.05) is 0 Å². The van der Waals surface area contributed by atoms with Crippen molar-refractivity contribution < 1.29 is 0 Å². The van der Waals surface area contributed by atoms with Gasteiger partial charge in [-0.25, -0.2) is 0 Å². The van der Waals surface area contributed by atoms with Crippen molar-refractivity contribution in [2.24, 2.45) is 11.3 Å². The van der Waals surface area contributed by atoms with Gasteiger partial charge in [0.05, 0.1) is 0 Å². The van der Waals surface area contributed by atoms with Gasteiger partial charge in [-0.05, 0) is 50.6 Å². The van der Waals surface area contributed by atoms with Crippen LogP contribution in [0.2, 0.25) is 0 Å². The smallest absolute Gasteiger partial charge is 0.0159 e. The van der Waals surface area contributed by atoms with Gasteiger partial charge in [-0.3, -0.25) is 0 Å². The van der Waals surface area contributed by atoms with Crippen molar-refractivity contribution in [1.29, 1.82) is 0 Å². The zero-order chi connectivity index (χ0) is 14.6. The molecule has 0 heterocycles. The van der Waals surface area contributed by atoms with Gasteiger partial charge in [0.2, 0.25) is 0 Å². The van der Waals surface area contributed by atoms with Gasteiger partial charge in [-0.1, -0.05) is 46.5 Å². The molecule has 2 atom stereocenters. The molecule has 0 aromatic heterocycles. The highest BCUT2D eigenvalue weighted by atomic mass is 15.1. The molecule has 2 heteroatoms. The van der Waals surface area contributed by atoms with Gasteiger partial charge >= 0.3 is 0 Å². The normalized spacial score (nSPS) is 31.6. The Kier molecular flexibility index (Phi) is 5.92. The first kappa shape index (κ1) is 16.3. The molecule has 2 nitrogen and oxygen atoms in total. The van der Waals surface area contributed by atoms with Gasteiger partial charge in [-0.15, -0.1) is 0 Å². The summed E-state index contributed by atoms with van der Waals surface area (Å²) in [4.78, 5) is 2.70. The first-order valence-corrected chi connectivity index (χ1v) is 8.98. The van der Waals surface area contributed by atoms with Crippen molar-refractivity contribution in [3.63, 3.8) is 0 Å². The highest BCUT2D eigenvalue weighted by Gasteiger charge is 2.41. The summed E-state index contributed by atoms with van der Waals surface area (Å²) < 4.78 is 0. The van der Waals surface area contributed by atoms with Gasteiger partial charge < -0.3 is 10.2 Å². The van der Waals surface area contributed by atoms with Gasteiger partial charge in [-0.2, -0.15) is 0 Å². The summed E-state index contributed by atoms with van der Waals surface area (Å²) in [5, 5.41) is 3.78. The minimum Gasteiger partial charge on any atom is -0.313 e. The van der Waals surface area contributed by atoms with Gasteiger partial charge in [0.15, 0.2) is 0 Å². The minimum atomic E-state index is 0.477. The molecule has 0 amide bonds. The second-order valence-corrected chi connectivity index (χ2v) is 7.91. The highest BCUT2D eigenvalue weighted by molar-refractivity contribution is 4.97. The van der Waals surface area contributed by atoms with Gasteiger partial charge in [0.25, 0.3) is 0 Å². The first-order chi connectivity index (χ1) is 9.54. The largest absolute Gasteiger partial charge is 0.313 e. The highest BCUT2D eigenvalue weighted by Crippen LogP contribution is 2.41. The van der Waals surface area contributed by atoms with E-state index in [0.29, 0.717) is 11.5 Å². The quantitative estimate of drug-likeness (QED) is 0.764. The lowest BCUT2D eigenvalue weighted by atomic mass is 9.84. The third-order valence-electron chi connectivity index (χ3n) is 5.87. The van der Waals surface area contributed by atoms with E-state index in [4.69, 9.17) is 0 Å². The van der Waals surface area contributed by atoms with Crippen molar-refractivity contribution in [2.75, 3.05) is 20.1 Å². The molecule has 2 aliphatic rings. The molecule has 2 rings (SSSR count). The van der Waals surface area contributed by atoms with Crippen molar-refractivity contribution >= 4 is 0 Å². The molecule has 0 aromatic rings. The second kappa shape index (κ2) is 7.26. The fraction of sp³-hybridized carbons (Fsp3) is 1.00. The number of nitrogens with zero attached hydrogens (tertiary/aromatic N) is 1. The molecule has 0 bridgehead atoms. The van der Waals surface area contributed by atoms with E-state index >= 15 is 0 Å². The average Bonchev–Trinajstić information content (AvgIpc) is 2.64. The molecule has 2 unspecified atom stereocenters. The maximum Gasteiger partial charge on any atom is 0.0159 e. The molecular weight excluding hydrogens is 244 g/mol. The molecule has 0 radical (unpaired) electrons. The monoisotopic (exact) mass is 280 g/mol. The Bertz CT molecular complexity index is 279. The molecule has 118 valence electrons. The predicted octanol–water partition coefficient (Wildman–Crippen LogP) is 4.06. The van der Waals surface area contributed by atoms with E-state index in [-0.39, 0.29) is 0 Å². The van der Waals surface area contributed by atoms with Gasteiger partial charge in [0.1, 0.15) is 0 Å². The maximum atomic E-state index is 3.78. The molecular formula is C18H36N2. The van der Waals surface area contributed by atoms with E-state index in [1.165, 1.54) is 57.9 Å². The van der Waals surface area contributed by atoms with Crippen molar-refractivity contribution in [2.45, 2.75) is 84.2 Å². The Labute approximate surface area is 126 Å². The van der Waals surface area contributed by atoms with Crippen LogP contribution < -0.4 is 5.32 Å². The van der Waals surface area contributed by atoms with E-state index in [9.17, 15) is 0 Å². The fourth-order valence-corrected chi connectivity index (χ4v) is 4.59. The molecule has 2 fully saturated rings. The molecule has 2 aliphatic carbocycles. The van der Waals surface area contributed by atoms with Crippen LogP contribution in [0.3, 0.4) is 0 Å². The molecule has 20 heavy (non-hydrogen) atoms. The summed E-state index contributed by atoms with van der Waals surface area (Å²) in [5.74, 6) is 0.846. The summed E-state index contributed by atoms with van der Waals surface area (Å²) in [7, 11) is 2.38. The summed E-state index contributed by atoms with van der Waals surface area (Å²) in [5.41, 5.74) is 0.477. The summed E-state index contributed by atoms with van der Waals surface area (Å²) in [6.07, 6.45) is 11.5. The average molecular weight is 280 g/mol. The Balaban J connectivity index is 1.90. The third-order valence-corrected chi connectivity index (χ3v) is 5.87. The Morgan fingerprint density at radius 1 is 1.05 bits per heavy atom. The van der Waals surface area contributed by atoms with Crippen LogP contribution in [-0.2, 0) is 0 Å². The molecule has 2 saturated carbocycles. The first-order valence-electron chi connectivity index (χ1n) is 8.98.